The van der Waals surface area contributed by atoms with Crippen molar-refractivity contribution < 1.29 is 28.2 Å². The van der Waals surface area contributed by atoms with Gasteiger partial charge in [0.1, 0.15) is 0 Å². The summed E-state index contributed by atoms with van der Waals surface area (Å²) in [6.45, 7) is -1.15. The van der Waals surface area contributed by atoms with Crippen LogP contribution in [0.1, 0.15) is 0 Å². The summed E-state index contributed by atoms with van der Waals surface area (Å²) in [6, 6.07) is 5.52. The SMILES string of the molecule is O=C(O)CN(CCNS(=O)(=O)c1ccc(Cl)cc1)CC(=O)O. The Morgan fingerprint density at radius 1 is 1.09 bits per heavy atom. The van der Waals surface area contributed by atoms with Crippen molar-refractivity contribution >= 4 is 33.6 Å². The largest absolute Gasteiger partial charge is 0.480 e. The molecule has 8 nitrogen and oxygen atoms in total. The van der Waals surface area contributed by atoms with Gasteiger partial charge < -0.3 is 10.2 Å². The van der Waals surface area contributed by atoms with Gasteiger partial charge in [0.15, 0.2) is 0 Å². The Morgan fingerprint density at radius 3 is 2.05 bits per heavy atom. The van der Waals surface area contributed by atoms with Gasteiger partial charge in [-0.05, 0) is 24.3 Å². The van der Waals surface area contributed by atoms with Gasteiger partial charge in [-0.3, -0.25) is 14.5 Å². The first-order chi connectivity index (χ1) is 10.2. The van der Waals surface area contributed by atoms with Gasteiger partial charge in [-0.2, -0.15) is 0 Å². The molecule has 10 heteroatoms. The Kier molecular flexibility index (Phi) is 6.75. The third-order valence-electron chi connectivity index (χ3n) is 2.56. The van der Waals surface area contributed by atoms with E-state index in [0.717, 1.165) is 4.90 Å². The van der Waals surface area contributed by atoms with Crippen LogP contribution in [0.25, 0.3) is 0 Å². The molecule has 0 radical (unpaired) electrons. The highest BCUT2D eigenvalue weighted by molar-refractivity contribution is 7.89. The van der Waals surface area contributed by atoms with Crippen LogP contribution in [0, 0.1) is 0 Å². The number of hydrogen-bond acceptors (Lipinski definition) is 5. The van der Waals surface area contributed by atoms with E-state index in [1.54, 1.807) is 0 Å². The number of nitrogens with one attached hydrogen (secondary N) is 1. The van der Waals surface area contributed by atoms with Gasteiger partial charge in [0.05, 0.1) is 18.0 Å². The number of hydrogen-bond donors (Lipinski definition) is 3. The number of halogens is 1. The average Bonchev–Trinajstić information content (AvgIpc) is 2.37. The zero-order valence-electron chi connectivity index (χ0n) is 11.4. The van der Waals surface area contributed by atoms with E-state index >= 15 is 0 Å². The van der Waals surface area contributed by atoms with Gasteiger partial charge in [-0.1, -0.05) is 11.6 Å². The molecule has 1 aromatic carbocycles. The van der Waals surface area contributed by atoms with Gasteiger partial charge in [0, 0.05) is 18.1 Å². The molecule has 1 rings (SSSR count). The molecule has 0 amide bonds. The molecule has 0 spiro atoms. The molecule has 3 N–H and O–H groups in total. The van der Waals surface area contributed by atoms with Gasteiger partial charge in [0.25, 0.3) is 0 Å². The van der Waals surface area contributed by atoms with Gasteiger partial charge in [0.2, 0.25) is 10.0 Å². The zero-order valence-corrected chi connectivity index (χ0v) is 13.0. The fourth-order valence-corrected chi connectivity index (χ4v) is 2.78. The van der Waals surface area contributed by atoms with Crippen molar-refractivity contribution in [1.82, 2.24) is 9.62 Å². The summed E-state index contributed by atoms with van der Waals surface area (Å²) in [5, 5.41) is 17.7. The maximum absolute atomic E-state index is 12.0. The molecule has 0 bridgehead atoms. The Bertz CT molecular complexity index is 616. The van der Waals surface area contributed by atoms with E-state index in [0.29, 0.717) is 5.02 Å². The van der Waals surface area contributed by atoms with Crippen LogP contribution in [0.5, 0.6) is 0 Å². The fraction of sp³-hybridized carbons (Fsp3) is 0.333. The first-order valence-corrected chi connectivity index (χ1v) is 7.98. The number of carboxylic acid groups (broad SMARTS) is 2. The van der Waals surface area contributed by atoms with Gasteiger partial charge in [-0.25, -0.2) is 13.1 Å². The third kappa shape index (κ3) is 6.39. The van der Waals surface area contributed by atoms with E-state index in [1.165, 1.54) is 24.3 Å². The van der Waals surface area contributed by atoms with Crippen molar-refractivity contribution in [3.63, 3.8) is 0 Å². The number of sulfonamides is 1. The molecule has 1 aromatic rings. The molecule has 0 fully saturated rings. The molecular formula is C12H15ClN2O6S. The number of benzene rings is 1. The van der Waals surface area contributed by atoms with Crippen LogP contribution in [-0.4, -0.2) is 61.6 Å². The predicted octanol–water partition coefficient (Wildman–Crippen LogP) is 0.0895. The van der Waals surface area contributed by atoms with Crippen LogP contribution >= 0.6 is 11.6 Å². The number of aliphatic carboxylic acids is 2. The number of rotatable bonds is 9. The van der Waals surface area contributed by atoms with Crippen molar-refractivity contribution in [2.75, 3.05) is 26.2 Å². The fourth-order valence-electron chi connectivity index (χ4n) is 1.63. The molecule has 0 unspecified atom stereocenters. The standard InChI is InChI=1S/C12H15ClN2O6S/c13-9-1-3-10(4-2-9)22(20,21)14-5-6-15(7-11(16)17)8-12(18)19/h1-4,14H,5-8H2,(H,16,17)(H,18,19). The molecule has 0 saturated heterocycles. The number of carbonyl (C=O) groups is 2. The average molecular weight is 351 g/mol. The normalized spacial score (nSPS) is 11.5. The molecule has 0 aliphatic carbocycles. The van der Waals surface area contributed by atoms with Crippen LogP contribution in [0.2, 0.25) is 5.02 Å². The minimum absolute atomic E-state index is 0.0138. The smallest absolute Gasteiger partial charge is 0.317 e. The number of nitrogens with zero attached hydrogens (tertiary/aromatic N) is 1. The van der Waals surface area contributed by atoms with Gasteiger partial charge >= 0.3 is 11.9 Å². The third-order valence-corrected chi connectivity index (χ3v) is 4.29. The molecule has 0 saturated carbocycles. The van der Waals surface area contributed by atoms with Crippen LogP contribution in [-0.2, 0) is 19.6 Å². The minimum atomic E-state index is -3.76. The summed E-state index contributed by atoms with van der Waals surface area (Å²) in [5.41, 5.74) is 0. The Morgan fingerprint density at radius 2 is 1.59 bits per heavy atom. The molecule has 0 aromatic heterocycles. The van der Waals surface area contributed by atoms with Crippen LogP contribution in [0.4, 0.5) is 0 Å². The molecule has 122 valence electrons. The Balaban J connectivity index is 2.61. The molecule has 0 aliphatic rings. The molecule has 0 heterocycles. The second kappa shape index (κ2) is 8.08. The summed E-state index contributed by atoms with van der Waals surface area (Å²) < 4.78 is 26.2. The van der Waals surface area contributed by atoms with E-state index in [1.807, 2.05) is 0 Å². The lowest BCUT2D eigenvalue weighted by atomic mass is 10.4. The topological polar surface area (TPSA) is 124 Å². The molecule has 0 atom stereocenters. The lowest BCUT2D eigenvalue weighted by Gasteiger charge is -2.18. The minimum Gasteiger partial charge on any atom is -0.480 e. The summed E-state index contributed by atoms with van der Waals surface area (Å²) >= 11 is 5.67. The van der Waals surface area contributed by atoms with Crippen LogP contribution in [0.15, 0.2) is 29.2 Å². The second-order valence-electron chi connectivity index (χ2n) is 4.35. The lowest BCUT2D eigenvalue weighted by Crippen LogP contribution is -2.40. The highest BCUT2D eigenvalue weighted by Crippen LogP contribution is 2.13. The predicted molar refractivity (Wildman–Crippen MR) is 78.4 cm³/mol. The van der Waals surface area contributed by atoms with Gasteiger partial charge in [-0.15, -0.1) is 0 Å². The lowest BCUT2D eigenvalue weighted by molar-refractivity contribution is -0.141. The Labute approximate surface area is 132 Å². The second-order valence-corrected chi connectivity index (χ2v) is 6.55. The summed E-state index contributed by atoms with van der Waals surface area (Å²) in [6.07, 6.45) is 0. The van der Waals surface area contributed by atoms with E-state index in [9.17, 15) is 18.0 Å². The first-order valence-electron chi connectivity index (χ1n) is 6.12. The maximum atomic E-state index is 12.0. The maximum Gasteiger partial charge on any atom is 0.317 e. The zero-order chi connectivity index (χ0) is 16.8. The van der Waals surface area contributed by atoms with E-state index in [2.05, 4.69) is 4.72 Å². The van der Waals surface area contributed by atoms with Crippen molar-refractivity contribution in [3.8, 4) is 0 Å². The molecule has 0 aliphatic heterocycles. The molecular weight excluding hydrogens is 336 g/mol. The van der Waals surface area contributed by atoms with E-state index < -0.39 is 35.1 Å². The Hall–Kier alpha value is -1.68. The van der Waals surface area contributed by atoms with Crippen molar-refractivity contribution in [2.24, 2.45) is 0 Å². The van der Waals surface area contributed by atoms with Crippen molar-refractivity contribution in [1.29, 1.82) is 0 Å². The highest BCUT2D eigenvalue weighted by atomic mass is 35.5. The monoisotopic (exact) mass is 350 g/mol. The number of carboxylic acids is 2. The van der Waals surface area contributed by atoms with E-state index in [-0.39, 0.29) is 18.0 Å². The van der Waals surface area contributed by atoms with E-state index in [4.69, 9.17) is 21.8 Å². The quantitative estimate of drug-likeness (QED) is 0.576. The van der Waals surface area contributed by atoms with Crippen molar-refractivity contribution in [3.05, 3.63) is 29.3 Å². The summed E-state index contributed by atoms with van der Waals surface area (Å²) in [5.74, 6) is -2.39. The highest BCUT2D eigenvalue weighted by Gasteiger charge is 2.16. The van der Waals surface area contributed by atoms with Crippen molar-refractivity contribution in [2.45, 2.75) is 4.90 Å². The first kappa shape index (κ1) is 18.4. The van der Waals surface area contributed by atoms with Crippen LogP contribution < -0.4 is 4.72 Å². The van der Waals surface area contributed by atoms with Crippen LogP contribution in [0.3, 0.4) is 0 Å². The summed E-state index contributed by atoms with van der Waals surface area (Å²) in [7, 11) is -3.76. The summed E-state index contributed by atoms with van der Waals surface area (Å²) in [4.78, 5) is 22.4. The molecule has 22 heavy (non-hydrogen) atoms.